The van der Waals surface area contributed by atoms with Crippen molar-refractivity contribution in [2.45, 2.75) is 71.1 Å². The molecule has 0 aliphatic rings. The summed E-state index contributed by atoms with van der Waals surface area (Å²) in [5.74, 6) is -0.668. The Morgan fingerprint density at radius 2 is 1.47 bits per heavy atom. The van der Waals surface area contributed by atoms with Crippen molar-refractivity contribution in [2.75, 3.05) is 0 Å². The molecule has 0 heterocycles. The first-order chi connectivity index (χ1) is 7.77. The molecule has 0 radical (unpaired) electrons. The van der Waals surface area contributed by atoms with E-state index in [1.807, 2.05) is 0 Å². The van der Waals surface area contributed by atoms with Gasteiger partial charge in [-0.1, -0.05) is 51.2 Å². The predicted octanol–water partition coefficient (Wildman–Crippen LogP) is 4.55. The zero-order valence-electron chi connectivity index (χ0n) is 10.9. The molecule has 0 aliphatic heterocycles. The van der Waals surface area contributed by atoms with Gasteiger partial charge in [0.2, 0.25) is 0 Å². The number of hydrogen-bond donors (Lipinski definition) is 1. The van der Waals surface area contributed by atoms with Crippen LogP contribution in [0.3, 0.4) is 0 Å². The van der Waals surface area contributed by atoms with Gasteiger partial charge in [0.1, 0.15) is 0 Å². The second-order valence-electron chi connectivity index (χ2n) is 4.31. The fourth-order valence-corrected chi connectivity index (χ4v) is 1.63. The molecule has 0 aromatic heterocycles. The predicted molar refractivity (Wildman–Crippen MR) is 68.6 cm³/mol. The van der Waals surface area contributed by atoms with Gasteiger partial charge in [0, 0.05) is 23.5 Å². The van der Waals surface area contributed by atoms with Crippen LogP contribution >= 0.6 is 0 Å². The van der Waals surface area contributed by atoms with E-state index < -0.39 is 5.97 Å². The average Bonchev–Trinajstić information content (AvgIpc) is 2.25. The summed E-state index contributed by atoms with van der Waals surface area (Å²) in [7, 11) is 0. The van der Waals surface area contributed by atoms with Gasteiger partial charge < -0.3 is 5.11 Å². The molecule has 0 aromatic carbocycles. The summed E-state index contributed by atoms with van der Waals surface area (Å²) in [6.07, 6.45) is 15.4. The average molecular weight is 282 g/mol. The molecule has 17 heavy (non-hydrogen) atoms. The van der Waals surface area contributed by atoms with Gasteiger partial charge in [-0.2, -0.15) is 0 Å². The Labute approximate surface area is 116 Å². The number of hydrogen-bond acceptors (Lipinski definition) is 1. The standard InChI is InChI=1S/C14H26O2.Fe/c1-2-3-4-5-6-7-8-9-10-11-12-13-14(15)16;/h5-6H,2-4,7-13H2,1H3,(H,15,16);. The van der Waals surface area contributed by atoms with Crippen LogP contribution in [0.2, 0.25) is 0 Å². The summed E-state index contributed by atoms with van der Waals surface area (Å²) in [5, 5.41) is 8.45. The van der Waals surface area contributed by atoms with Crippen molar-refractivity contribution < 1.29 is 27.0 Å². The van der Waals surface area contributed by atoms with Crippen LogP contribution in [-0.4, -0.2) is 11.1 Å². The SMILES string of the molecule is CCCCC=CCCCCCCCC(=O)O.[Fe]. The minimum atomic E-state index is -0.668. The van der Waals surface area contributed by atoms with Crippen LogP contribution in [-0.2, 0) is 21.9 Å². The van der Waals surface area contributed by atoms with Crippen LogP contribution in [0.4, 0.5) is 0 Å². The minimum Gasteiger partial charge on any atom is -0.481 e. The number of unbranched alkanes of at least 4 members (excludes halogenated alkanes) is 7. The number of aliphatic carboxylic acids is 1. The summed E-state index contributed by atoms with van der Waals surface area (Å²) in [5.41, 5.74) is 0. The van der Waals surface area contributed by atoms with Crippen molar-refractivity contribution in [3.63, 3.8) is 0 Å². The number of allylic oxidation sites excluding steroid dienone is 2. The molecule has 0 saturated heterocycles. The van der Waals surface area contributed by atoms with E-state index in [1.165, 1.54) is 44.9 Å². The van der Waals surface area contributed by atoms with E-state index in [4.69, 9.17) is 5.11 Å². The molecule has 0 atom stereocenters. The molecular weight excluding hydrogens is 256 g/mol. The zero-order chi connectivity index (χ0) is 12.1. The van der Waals surface area contributed by atoms with Gasteiger partial charge in [0.25, 0.3) is 0 Å². The molecule has 0 rings (SSSR count). The van der Waals surface area contributed by atoms with Crippen molar-refractivity contribution in [3.8, 4) is 0 Å². The van der Waals surface area contributed by atoms with Crippen molar-refractivity contribution in [1.82, 2.24) is 0 Å². The van der Waals surface area contributed by atoms with Crippen LogP contribution in [0.25, 0.3) is 0 Å². The van der Waals surface area contributed by atoms with Gasteiger partial charge in [0.15, 0.2) is 0 Å². The molecule has 0 unspecified atom stereocenters. The molecule has 2 nitrogen and oxygen atoms in total. The molecule has 0 fully saturated rings. The molecule has 1 N–H and O–H groups in total. The van der Waals surface area contributed by atoms with Crippen molar-refractivity contribution >= 4 is 5.97 Å². The summed E-state index contributed by atoms with van der Waals surface area (Å²) >= 11 is 0. The van der Waals surface area contributed by atoms with Crippen molar-refractivity contribution in [2.24, 2.45) is 0 Å². The molecule has 0 aliphatic carbocycles. The summed E-state index contributed by atoms with van der Waals surface area (Å²) < 4.78 is 0. The third-order valence-electron chi connectivity index (χ3n) is 2.65. The summed E-state index contributed by atoms with van der Waals surface area (Å²) in [6.45, 7) is 2.21. The van der Waals surface area contributed by atoms with Gasteiger partial charge in [0.05, 0.1) is 0 Å². The zero-order valence-corrected chi connectivity index (χ0v) is 12.0. The summed E-state index contributed by atoms with van der Waals surface area (Å²) in [4.78, 5) is 10.3. The smallest absolute Gasteiger partial charge is 0.303 e. The Hall–Kier alpha value is -0.271. The van der Waals surface area contributed by atoms with E-state index in [9.17, 15) is 4.79 Å². The van der Waals surface area contributed by atoms with E-state index in [2.05, 4.69) is 19.1 Å². The molecule has 102 valence electrons. The third kappa shape index (κ3) is 18.3. The first kappa shape index (κ1) is 19.1. The summed E-state index contributed by atoms with van der Waals surface area (Å²) in [6, 6.07) is 0. The number of rotatable bonds is 11. The quantitative estimate of drug-likeness (QED) is 0.343. The number of carbonyl (C=O) groups is 1. The normalized spacial score (nSPS) is 10.4. The van der Waals surface area contributed by atoms with Gasteiger partial charge in [-0.3, -0.25) is 4.79 Å². The molecular formula is C14H26FeO2. The molecule has 0 spiro atoms. The molecule has 0 aromatic rings. The maximum absolute atomic E-state index is 10.3. The Morgan fingerprint density at radius 3 is 2.06 bits per heavy atom. The number of carboxylic acid groups (broad SMARTS) is 1. The van der Waals surface area contributed by atoms with E-state index in [-0.39, 0.29) is 17.1 Å². The molecule has 0 saturated carbocycles. The maximum atomic E-state index is 10.3. The van der Waals surface area contributed by atoms with E-state index in [0.717, 1.165) is 12.8 Å². The molecule has 0 bridgehead atoms. The van der Waals surface area contributed by atoms with Gasteiger partial charge in [-0.15, -0.1) is 0 Å². The second-order valence-corrected chi connectivity index (χ2v) is 4.31. The Kier molecular flexibility index (Phi) is 17.7. The van der Waals surface area contributed by atoms with Crippen molar-refractivity contribution in [1.29, 1.82) is 0 Å². The maximum Gasteiger partial charge on any atom is 0.303 e. The Balaban J connectivity index is 0. The topological polar surface area (TPSA) is 37.3 Å². The van der Waals surface area contributed by atoms with Crippen LogP contribution < -0.4 is 0 Å². The van der Waals surface area contributed by atoms with Crippen molar-refractivity contribution in [3.05, 3.63) is 12.2 Å². The largest absolute Gasteiger partial charge is 0.481 e. The van der Waals surface area contributed by atoms with E-state index >= 15 is 0 Å². The van der Waals surface area contributed by atoms with Gasteiger partial charge in [-0.25, -0.2) is 0 Å². The monoisotopic (exact) mass is 282 g/mol. The van der Waals surface area contributed by atoms with Crippen LogP contribution in [0.1, 0.15) is 71.1 Å². The fourth-order valence-electron chi connectivity index (χ4n) is 1.63. The van der Waals surface area contributed by atoms with Gasteiger partial charge >= 0.3 is 5.97 Å². The van der Waals surface area contributed by atoms with E-state index in [1.54, 1.807) is 0 Å². The minimum absolute atomic E-state index is 0. The van der Waals surface area contributed by atoms with Crippen LogP contribution in [0.5, 0.6) is 0 Å². The van der Waals surface area contributed by atoms with Crippen LogP contribution in [0.15, 0.2) is 12.2 Å². The number of carboxylic acids is 1. The Morgan fingerprint density at radius 1 is 0.941 bits per heavy atom. The Bertz CT molecular complexity index is 191. The molecule has 0 amide bonds. The van der Waals surface area contributed by atoms with Crippen LogP contribution in [0, 0.1) is 0 Å². The first-order valence-corrected chi connectivity index (χ1v) is 6.64. The first-order valence-electron chi connectivity index (χ1n) is 6.64. The van der Waals surface area contributed by atoms with Gasteiger partial charge in [-0.05, 0) is 25.7 Å². The van der Waals surface area contributed by atoms with E-state index in [0.29, 0.717) is 6.42 Å². The fraction of sp³-hybridized carbons (Fsp3) is 0.786. The second kappa shape index (κ2) is 15.7. The molecule has 3 heteroatoms. The third-order valence-corrected chi connectivity index (χ3v) is 2.65.